The molecular formula is C15H20N6O2S. The second-order valence-electron chi connectivity index (χ2n) is 5.51. The summed E-state index contributed by atoms with van der Waals surface area (Å²) in [6.45, 7) is 3.08. The third-order valence-electron chi connectivity index (χ3n) is 3.50. The molecule has 0 spiro atoms. The van der Waals surface area contributed by atoms with Crippen LogP contribution in [0.1, 0.15) is 15.5 Å². The molecule has 0 unspecified atom stereocenters. The maximum atomic E-state index is 12.1. The second kappa shape index (κ2) is 7.54. The fraction of sp³-hybridized carbons (Fsp3) is 0.467. The molecular weight excluding hydrogens is 328 g/mol. The first-order valence-electron chi connectivity index (χ1n) is 7.70. The van der Waals surface area contributed by atoms with Crippen molar-refractivity contribution in [2.24, 2.45) is 0 Å². The fourth-order valence-electron chi connectivity index (χ4n) is 2.23. The van der Waals surface area contributed by atoms with Crippen molar-refractivity contribution in [1.29, 1.82) is 0 Å². The number of hydrogen-bond acceptors (Lipinski definition) is 8. The molecule has 0 bridgehead atoms. The first-order valence-corrected chi connectivity index (χ1v) is 8.58. The molecule has 128 valence electrons. The van der Waals surface area contributed by atoms with Crippen LogP contribution in [-0.4, -0.2) is 61.3 Å². The van der Waals surface area contributed by atoms with E-state index in [9.17, 15) is 4.79 Å². The van der Waals surface area contributed by atoms with E-state index in [1.165, 1.54) is 11.3 Å². The molecule has 24 heavy (non-hydrogen) atoms. The highest BCUT2D eigenvalue weighted by molar-refractivity contribution is 7.12. The maximum Gasteiger partial charge on any atom is 0.261 e. The molecule has 2 aromatic rings. The lowest BCUT2D eigenvalue weighted by molar-refractivity contribution is 0.0954. The minimum Gasteiger partial charge on any atom is -0.378 e. The molecule has 1 aliphatic rings. The number of nitrogens with one attached hydrogen (secondary N) is 1. The molecule has 1 aliphatic heterocycles. The molecule has 0 atom stereocenters. The number of morpholine rings is 1. The van der Waals surface area contributed by atoms with Gasteiger partial charge in [0, 0.05) is 27.2 Å². The first kappa shape index (κ1) is 16.6. The summed E-state index contributed by atoms with van der Waals surface area (Å²) in [4.78, 5) is 30.1. The van der Waals surface area contributed by atoms with Crippen LogP contribution in [0.15, 0.2) is 17.5 Å². The zero-order valence-electron chi connectivity index (χ0n) is 13.7. The number of rotatable bonds is 5. The third kappa shape index (κ3) is 3.98. The van der Waals surface area contributed by atoms with Crippen molar-refractivity contribution in [3.8, 4) is 0 Å². The highest BCUT2D eigenvalue weighted by Gasteiger charge is 2.17. The molecule has 3 rings (SSSR count). The first-order chi connectivity index (χ1) is 11.6. The minimum atomic E-state index is -0.121. The van der Waals surface area contributed by atoms with Gasteiger partial charge in [0.1, 0.15) is 0 Å². The van der Waals surface area contributed by atoms with Gasteiger partial charge in [0.15, 0.2) is 5.82 Å². The van der Waals surface area contributed by atoms with E-state index in [4.69, 9.17) is 4.74 Å². The summed E-state index contributed by atoms with van der Waals surface area (Å²) >= 11 is 1.40. The van der Waals surface area contributed by atoms with Crippen LogP contribution in [0.2, 0.25) is 0 Å². The average Bonchev–Trinajstić information content (AvgIpc) is 3.15. The minimum absolute atomic E-state index is 0.121. The SMILES string of the molecule is CN(C)c1nc(CNC(=O)c2cccs2)nc(N2CCOCC2)n1. The Kier molecular flexibility index (Phi) is 5.21. The summed E-state index contributed by atoms with van der Waals surface area (Å²) in [6, 6.07) is 3.64. The largest absolute Gasteiger partial charge is 0.378 e. The van der Waals surface area contributed by atoms with Gasteiger partial charge in [-0.2, -0.15) is 15.0 Å². The maximum absolute atomic E-state index is 12.1. The van der Waals surface area contributed by atoms with Gasteiger partial charge in [-0.05, 0) is 11.4 Å². The van der Waals surface area contributed by atoms with Crippen molar-refractivity contribution in [3.63, 3.8) is 0 Å². The van der Waals surface area contributed by atoms with Crippen molar-refractivity contribution in [2.75, 3.05) is 50.2 Å². The number of hydrogen-bond donors (Lipinski definition) is 1. The summed E-state index contributed by atoms with van der Waals surface area (Å²) < 4.78 is 5.37. The number of anilines is 2. The Bertz CT molecular complexity index is 685. The molecule has 2 aromatic heterocycles. The molecule has 8 nitrogen and oxygen atoms in total. The van der Waals surface area contributed by atoms with Gasteiger partial charge in [-0.3, -0.25) is 4.79 Å². The molecule has 3 heterocycles. The number of amides is 1. The van der Waals surface area contributed by atoms with Gasteiger partial charge in [0.25, 0.3) is 5.91 Å². The molecule has 9 heteroatoms. The fourth-order valence-corrected chi connectivity index (χ4v) is 2.87. The van der Waals surface area contributed by atoms with E-state index in [2.05, 4.69) is 25.2 Å². The molecule has 1 saturated heterocycles. The van der Waals surface area contributed by atoms with Crippen molar-refractivity contribution in [2.45, 2.75) is 6.54 Å². The molecule has 1 N–H and O–H groups in total. The van der Waals surface area contributed by atoms with Gasteiger partial charge in [0.05, 0.1) is 24.6 Å². The Morgan fingerprint density at radius 1 is 1.33 bits per heavy atom. The molecule has 1 amide bonds. The van der Waals surface area contributed by atoms with Gasteiger partial charge >= 0.3 is 0 Å². The summed E-state index contributed by atoms with van der Waals surface area (Å²) in [5, 5.41) is 4.73. The predicted octanol–water partition coefficient (Wildman–Crippen LogP) is 0.766. The van der Waals surface area contributed by atoms with E-state index in [0.29, 0.717) is 35.8 Å². The van der Waals surface area contributed by atoms with E-state index >= 15 is 0 Å². The Morgan fingerprint density at radius 3 is 2.79 bits per heavy atom. The number of ether oxygens (including phenoxy) is 1. The van der Waals surface area contributed by atoms with Crippen LogP contribution in [0.25, 0.3) is 0 Å². The Labute approximate surface area is 144 Å². The van der Waals surface area contributed by atoms with Crippen LogP contribution < -0.4 is 15.1 Å². The number of thiophene rings is 1. The van der Waals surface area contributed by atoms with E-state index in [-0.39, 0.29) is 12.5 Å². The zero-order valence-corrected chi connectivity index (χ0v) is 14.5. The smallest absolute Gasteiger partial charge is 0.261 e. The Balaban J connectivity index is 1.75. The standard InChI is InChI=1S/C15H20N6O2S/c1-20(2)14-17-12(10-16-13(22)11-4-3-9-24-11)18-15(19-14)21-5-7-23-8-6-21/h3-4,9H,5-8,10H2,1-2H3,(H,16,22). The molecule has 0 radical (unpaired) electrons. The number of carbonyl (C=O) groups excluding carboxylic acids is 1. The van der Waals surface area contributed by atoms with Crippen LogP contribution in [0, 0.1) is 0 Å². The molecule has 1 fully saturated rings. The van der Waals surface area contributed by atoms with Gasteiger partial charge < -0.3 is 19.9 Å². The van der Waals surface area contributed by atoms with Crippen molar-refractivity contribution in [3.05, 3.63) is 28.2 Å². The highest BCUT2D eigenvalue weighted by Crippen LogP contribution is 2.14. The van der Waals surface area contributed by atoms with Gasteiger partial charge in [-0.15, -0.1) is 11.3 Å². The van der Waals surface area contributed by atoms with Gasteiger partial charge in [0.2, 0.25) is 11.9 Å². The van der Waals surface area contributed by atoms with E-state index < -0.39 is 0 Å². The summed E-state index contributed by atoms with van der Waals surface area (Å²) in [5.41, 5.74) is 0. The summed E-state index contributed by atoms with van der Waals surface area (Å²) in [5.74, 6) is 1.62. The van der Waals surface area contributed by atoms with Gasteiger partial charge in [-0.25, -0.2) is 0 Å². The summed E-state index contributed by atoms with van der Waals surface area (Å²) in [6.07, 6.45) is 0. The zero-order chi connectivity index (χ0) is 16.9. The Morgan fingerprint density at radius 2 is 2.12 bits per heavy atom. The lowest BCUT2D eigenvalue weighted by atomic mass is 10.4. The lowest BCUT2D eigenvalue weighted by Gasteiger charge is -2.27. The number of aromatic nitrogens is 3. The Hall–Kier alpha value is -2.26. The number of carbonyl (C=O) groups is 1. The van der Waals surface area contributed by atoms with E-state index in [1.807, 2.05) is 30.4 Å². The van der Waals surface area contributed by atoms with Crippen LogP contribution in [0.3, 0.4) is 0 Å². The number of nitrogens with zero attached hydrogens (tertiary/aromatic N) is 5. The van der Waals surface area contributed by atoms with Crippen molar-refractivity contribution in [1.82, 2.24) is 20.3 Å². The van der Waals surface area contributed by atoms with Gasteiger partial charge in [-0.1, -0.05) is 6.07 Å². The van der Waals surface area contributed by atoms with E-state index in [1.54, 1.807) is 6.07 Å². The molecule has 0 aromatic carbocycles. The average molecular weight is 348 g/mol. The molecule has 0 aliphatic carbocycles. The van der Waals surface area contributed by atoms with Crippen LogP contribution in [0.4, 0.5) is 11.9 Å². The lowest BCUT2D eigenvalue weighted by Crippen LogP contribution is -2.38. The molecule has 0 saturated carbocycles. The van der Waals surface area contributed by atoms with Crippen LogP contribution in [0.5, 0.6) is 0 Å². The van der Waals surface area contributed by atoms with Crippen LogP contribution >= 0.6 is 11.3 Å². The third-order valence-corrected chi connectivity index (χ3v) is 4.37. The van der Waals surface area contributed by atoms with E-state index in [0.717, 1.165) is 13.1 Å². The van der Waals surface area contributed by atoms with Crippen LogP contribution in [-0.2, 0) is 11.3 Å². The topological polar surface area (TPSA) is 83.5 Å². The predicted molar refractivity (Wildman–Crippen MR) is 92.7 cm³/mol. The summed E-state index contributed by atoms with van der Waals surface area (Å²) in [7, 11) is 3.76. The monoisotopic (exact) mass is 348 g/mol. The highest BCUT2D eigenvalue weighted by atomic mass is 32.1. The normalized spacial score (nSPS) is 14.5. The quantitative estimate of drug-likeness (QED) is 0.854. The van der Waals surface area contributed by atoms with Crippen molar-refractivity contribution >= 4 is 29.1 Å². The second-order valence-corrected chi connectivity index (χ2v) is 6.45. The van der Waals surface area contributed by atoms with Crippen molar-refractivity contribution < 1.29 is 9.53 Å².